The Kier molecular flexibility index (Phi) is 8.86. The van der Waals surface area contributed by atoms with Gasteiger partial charge in [-0.2, -0.15) is 4.31 Å². The Bertz CT molecular complexity index is 1200. The summed E-state index contributed by atoms with van der Waals surface area (Å²) < 4.78 is 27.9. The molecular weight excluding hydrogens is 480 g/mol. The molecule has 1 aliphatic heterocycles. The third-order valence-corrected chi connectivity index (χ3v) is 7.64. The Labute approximate surface area is 212 Å². The van der Waals surface area contributed by atoms with Crippen molar-refractivity contribution in [2.75, 3.05) is 6.54 Å². The van der Waals surface area contributed by atoms with Crippen molar-refractivity contribution in [2.45, 2.75) is 50.9 Å². The molecule has 2 aromatic rings. The van der Waals surface area contributed by atoms with Gasteiger partial charge < -0.3 is 15.8 Å². The summed E-state index contributed by atoms with van der Waals surface area (Å²) in [6.45, 7) is 7.98. The van der Waals surface area contributed by atoms with E-state index in [-0.39, 0.29) is 24.4 Å². The predicted octanol–water partition coefficient (Wildman–Crippen LogP) is 2.73. The number of rotatable bonds is 8. The summed E-state index contributed by atoms with van der Waals surface area (Å²) in [6.07, 6.45) is 1.23. The Balaban J connectivity index is 2.03. The quantitative estimate of drug-likeness (QED) is 0.241. The van der Waals surface area contributed by atoms with Crippen molar-refractivity contribution in [1.29, 1.82) is 0 Å². The van der Waals surface area contributed by atoms with Gasteiger partial charge in [-0.15, -0.1) is 0 Å². The van der Waals surface area contributed by atoms with Gasteiger partial charge in [-0.3, -0.25) is 9.59 Å². The molecule has 0 bridgehead atoms. The highest BCUT2D eigenvalue weighted by molar-refractivity contribution is 7.89. The van der Waals surface area contributed by atoms with Gasteiger partial charge in [-0.05, 0) is 43.2 Å². The second kappa shape index (κ2) is 11.7. The van der Waals surface area contributed by atoms with Gasteiger partial charge in [0, 0.05) is 12.1 Å². The zero-order valence-electron chi connectivity index (χ0n) is 20.6. The van der Waals surface area contributed by atoms with E-state index in [0.29, 0.717) is 28.3 Å². The van der Waals surface area contributed by atoms with Crippen molar-refractivity contribution in [2.24, 2.45) is 16.8 Å². The third kappa shape index (κ3) is 6.30. The summed E-state index contributed by atoms with van der Waals surface area (Å²) in [5.41, 5.74) is 7.44. The molecule has 1 unspecified atom stereocenters. The van der Waals surface area contributed by atoms with E-state index in [1.165, 1.54) is 17.0 Å². The number of amides is 2. The summed E-state index contributed by atoms with van der Waals surface area (Å²) in [5.74, 6) is -2.03. The standard InChI is InChI=1S/C26H33N4O5S/c1-18(2)16-22(27)25(31)29-15-7-10-23(29)26(32)30(24(28-33)21-13-11-19(3)12-14-21)36(34,35)17-20-8-5-4-6-9-20/h4-6,8-9,11-14,18,22-23,33H,3,7,10,15-17,27H2,1-2H3/t22?,23-/m0/s1. The maximum atomic E-state index is 13.9. The van der Waals surface area contributed by atoms with Gasteiger partial charge in [0.05, 0.1) is 11.8 Å². The summed E-state index contributed by atoms with van der Waals surface area (Å²) >= 11 is 0. The summed E-state index contributed by atoms with van der Waals surface area (Å²) in [6, 6.07) is 12.8. The molecule has 1 radical (unpaired) electrons. The largest absolute Gasteiger partial charge is 0.409 e. The first-order chi connectivity index (χ1) is 17.0. The van der Waals surface area contributed by atoms with Crippen LogP contribution in [0.4, 0.5) is 0 Å². The Morgan fingerprint density at radius 3 is 2.39 bits per heavy atom. The van der Waals surface area contributed by atoms with E-state index < -0.39 is 45.5 Å². The summed E-state index contributed by atoms with van der Waals surface area (Å²) in [5, 5.41) is 13.1. The van der Waals surface area contributed by atoms with Gasteiger partial charge >= 0.3 is 0 Å². The maximum absolute atomic E-state index is 13.9. The van der Waals surface area contributed by atoms with Crippen LogP contribution >= 0.6 is 0 Å². The first kappa shape index (κ1) is 27.3. The molecule has 10 heteroatoms. The average Bonchev–Trinajstić information content (AvgIpc) is 3.32. The molecule has 1 fully saturated rings. The predicted molar refractivity (Wildman–Crippen MR) is 137 cm³/mol. The first-order valence-corrected chi connectivity index (χ1v) is 13.5. The van der Waals surface area contributed by atoms with Crippen LogP contribution in [0.3, 0.4) is 0 Å². The number of oxime groups is 1. The number of sulfonamides is 1. The third-order valence-electron chi connectivity index (χ3n) is 6.03. The van der Waals surface area contributed by atoms with Crippen molar-refractivity contribution in [1.82, 2.24) is 9.21 Å². The fraction of sp³-hybridized carbons (Fsp3) is 0.385. The number of nitrogens with two attached hydrogens (primary N) is 1. The molecule has 36 heavy (non-hydrogen) atoms. The highest BCUT2D eigenvalue weighted by Crippen LogP contribution is 2.25. The SMILES string of the molecule is [CH2]c1ccc(C(=NO)N(C(=O)[C@@H]2CCCN2C(=O)C(N)CC(C)C)S(=O)(=O)Cc2ccccc2)cc1. The van der Waals surface area contributed by atoms with Gasteiger partial charge in [-0.25, -0.2) is 8.42 Å². The molecule has 193 valence electrons. The first-order valence-electron chi connectivity index (χ1n) is 11.9. The molecule has 0 aromatic heterocycles. The Morgan fingerprint density at radius 2 is 1.81 bits per heavy atom. The van der Waals surface area contributed by atoms with E-state index in [4.69, 9.17) is 5.73 Å². The van der Waals surface area contributed by atoms with Crippen molar-refractivity contribution < 1.29 is 23.2 Å². The second-order valence-electron chi connectivity index (χ2n) is 9.39. The molecule has 2 atom stereocenters. The van der Waals surface area contributed by atoms with Crippen LogP contribution in [-0.4, -0.2) is 59.1 Å². The molecule has 1 saturated heterocycles. The Morgan fingerprint density at radius 1 is 1.17 bits per heavy atom. The number of amidine groups is 1. The normalized spacial score (nSPS) is 17.3. The van der Waals surface area contributed by atoms with E-state index in [2.05, 4.69) is 12.1 Å². The number of carbonyl (C=O) groups excluding carboxylic acids is 2. The molecule has 3 N–H and O–H groups in total. The van der Waals surface area contributed by atoms with Gasteiger partial charge in [0.25, 0.3) is 5.91 Å². The fourth-order valence-corrected chi connectivity index (χ4v) is 5.88. The van der Waals surface area contributed by atoms with Crippen molar-refractivity contribution in [3.63, 3.8) is 0 Å². The highest BCUT2D eigenvalue weighted by Gasteiger charge is 2.44. The maximum Gasteiger partial charge on any atom is 0.264 e. The number of carbonyl (C=O) groups is 2. The van der Waals surface area contributed by atoms with Gasteiger partial charge in [-0.1, -0.05) is 73.6 Å². The van der Waals surface area contributed by atoms with Crippen LogP contribution in [0, 0.1) is 12.8 Å². The number of likely N-dealkylation sites (tertiary alicyclic amines) is 1. The minimum Gasteiger partial charge on any atom is -0.409 e. The van der Waals surface area contributed by atoms with E-state index in [1.807, 2.05) is 13.8 Å². The van der Waals surface area contributed by atoms with Crippen molar-refractivity contribution >= 4 is 27.7 Å². The lowest BCUT2D eigenvalue weighted by molar-refractivity contribution is -0.140. The molecule has 1 aliphatic rings. The highest BCUT2D eigenvalue weighted by atomic mass is 32.2. The molecule has 1 heterocycles. The van der Waals surface area contributed by atoms with Crippen LogP contribution < -0.4 is 5.73 Å². The van der Waals surface area contributed by atoms with Gasteiger partial charge in [0.1, 0.15) is 6.04 Å². The smallest absolute Gasteiger partial charge is 0.264 e. The lowest BCUT2D eigenvalue weighted by atomic mass is 10.0. The molecule has 0 aliphatic carbocycles. The molecule has 0 spiro atoms. The zero-order valence-corrected chi connectivity index (χ0v) is 21.4. The van der Waals surface area contributed by atoms with E-state index in [0.717, 1.165) is 0 Å². The molecule has 9 nitrogen and oxygen atoms in total. The van der Waals surface area contributed by atoms with Crippen LogP contribution in [0.2, 0.25) is 0 Å². The minimum absolute atomic E-state index is 0.174. The van der Waals surface area contributed by atoms with E-state index in [9.17, 15) is 23.2 Å². The lowest BCUT2D eigenvalue weighted by Crippen LogP contribution is -2.55. The van der Waals surface area contributed by atoms with Gasteiger partial charge in [0.15, 0.2) is 5.84 Å². The summed E-state index contributed by atoms with van der Waals surface area (Å²) in [7, 11) is -4.36. The van der Waals surface area contributed by atoms with Crippen molar-refractivity contribution in [3.05, 3.63) is 78.2 Å². The monoisotopic (exact) mass is 513 g/mol. The topological polar surface area (TPSA) is 133 Å². The lowest BCUT2D eigenvalue weighted by Gasteiger charge is -2.31. The van der Waals surface area contributed by atoms with Crippen molar-refractivity contribution in [3.8, 4) is 0 Å². The molecule has 2 aromatic carbocycles. The minimum atomic E-state index is -4.36. The molecular formula is C26H33N4O5S. The van der Waals surface area contributed by atoms with Crippen LogP contribution in [0.1, 0.15) is 49.8 Å². The molecule has 0 saturated carbocycles. The summed E-state index contributed by atoms with van der Waals surface area (Å²) in [4.78, 5) is 28.3. The number of hydrogen-bond donors (Lipinski definition) is 2. The molecule has 3 rings (SSSR count). The zero-order chi connectivity index (χ0) is 26.5. The average molecular weight is 514 g/mol. The number of benzene rings is 2. The van der Waals surface area contributed by atoms with Crippen LogP contribution in [0.25, 0.3) is 0 Å². The van der Waals surface area contributed by atoms with E-state index in [1.54, 1.807) is 42.5 Å². The number of nitrogens with zero attached hydrogens (tertiary/aromatic N) is 3. The van der Waals surface area contributed by atoms with Crippen LogP contribution in [-0.2, 0) is 25.4 Å². The molecule has 2 amide bonds. The Hall–Kier alpha value is -3.24. The van der Waals surface area contributed by atoms with Crippen LogP contribution in [0.15, 0.2) is 59.8 Å². The number of hydrogen-bond acceptors (Lipinski definition) is 7. The van der Waals surface area contributed by atoms with Gasteiger partial charge in [0.2, 0.25) is 15.9 Å². The fourth-order valence-electron chi connectivity index (χ4n) is 4.34. The second-order valence-corrected chi connectivity index (χ2v) is 11.2. The van der Waals surface area contributed by atoms with E-state index >= 15 is 0 Å². The van der Waals surface area contributed by atoms with Crippen LogP contribution in [0.5, 0.6) is 0 Å².